The Labute approximate surface area is 76.7 Å². The van der Waals surface area contributed by atoms with E-state index in [4.69, 9.17) is 0 Å². The largest absolute Gasteiger partial charge is 0.100 e. The topological polar surface area (TPSA) is 0 Å². The number of hydrogen-bond acceptors (Lipinski definition) is 0. The minimum Gasteiger partial charge on any atom is -0.100 e. The van der Waals surface area contributed by atoms with Gasteiger partial charge in [0.25, 0.3) is 0 Å². The van der Waals surface area contributed by atoms with Gasteiger partial charge < -0.3 is 0 Å². The van der Waals surface area contributed by atoms with Crippen molar-refractivity contribution >= 4 is 0 Å². The molecule has 0 radical (unpaired) electrons. The van der Waals surface area contributed by atoms with Crippen molar-refractivity contribution < 1.29 is 0 Å². The molecule has 0 saturated carbocycles. The minimum atomic E-state index is 1.15. The van der Waals surface area contributed by atoms with E-state index in [9.17, 15) is 0 Å². The lowest BCUT2D eigenvalue weighted by atomic mass is 10.1. The Balaban J connectivity index is 3.67. The van der Waals surface area contributed by atoms with Crippen molar-refractivity contribution in [3.63, 3.8) is 0 Å². The highest BCUT2D eigenvalue weighted by Crippen LogP contribution is 2.11. The zero-order valence-corrected chi connectivity index (χ0v) is 8.56. The molecule has 0 amide bonds. The molecule has 0 aliphatic carbocycles. The van der Waals surface area contributed by atoms with Crippen LogP contribution in [0.5, 0.6) is 0 Å². The van der Waals surface area contributed by atoms with Gasteiger partial charge >= 0.3 is 0 Å². The molecule has 0 aromatic heterocycles. The van der Waals surface area contributed by atoms with E-state index in [1.54, 1.807) is 0 Å². The fourth-order valence-electron chi connectivity index (χ4n) is 1.13. The van der Waals surface area contributed by atoms with Crippen LogP contribution in [0.3, 0.4) is 0 Å². The van der Waals surface area contributed by atoms with Gasteiger partial charge in [0.1, 0.15) is 0 Å². The molecule has 0 bridgehead atoms. The summed E-state index contributed by atoms with van der Waals surface area (Å²) in [6, 6.07) is 0. The Bertz CT molecular complexity index is 182. The lowest BCUT2D eigenvalue weighted by molar-refractivity contribution is 0.815. The van der Waals surface area contributed by atoms with Crippen molar-refractivity contribution in [2.24, 2.45) is 0 Å². The maximum atomic E-state index is 3.89. The van der Waals surface area contributed by atoms with Gasteiger partial charge in [-0.25, -0.2) is 0 Å². The first kappa shape index (κ1) is 11.2. The molecule has 0 heteroatoms. The average Bonchev–Trinajstić information content (AvgIpc) is 2.02. The Morgan fingerprint density at radius 3 is 2.33 bits per heavy atom. The number of hydrogen-bond donors (Lipinski definition) is 0. The van der Waals surface area contributed by atoms with Gasteiger partial charge in [-0.05, 0) is 40.0 Å². The normalized spacial score (nSPS) is 12.4. The highest BCUT2D eigenvalue weighted by atomic mass is 14.0. The molecule has 68 valence electrons. The Morgan fingerprint density at radius 2 is 1.92 bits per heavy atom. The molecule has 0 aliphatic rings. The summed E-state index contributed by atoms with van der Waals surface area (Å²) in [5.41, 5.74) is 2.71. The molecule has 0 spiro atoms. The molecular formula is C12H20. The Kier molecular flexibility index (Phi) is 6.45. The predicted octanol–water partition coefficient (Wildman–Crippen LogP) is 4.26. The summed E-state index contributed by atoms with van der Waals surface area (Å²) in [5, 5.41) is 0. The van der Waals surface area contributed by atoms with E-state index >= 15 is 0 Å². The maximum Gasteiger partial charge on any atom is -0.0279 e. The van der Waals surface area contributed by atoms with Crippen molar-refractivity contribution in [2.75, 3.05) is 0 Å². The highest BCUT2D eigenvalue weighted by molar-refractivity contribution is 5.17. The van der Waals surface area contributed by atoms with E-state index in [2.05, 4.69) is 45.6 Å². The van der Waals surface area contributed by atoms with Crippen molar-refractivity contribution in [2.45, 2.75) is 40.0 Å². The van der Waals surface area contributed by atoms with Crippen LogP contribution in [0, 0.1) is 0 Å². The summed E-state index contributed by atoms with van der Waals surface area (Å²) in [4.78, 5) is 0. The van der Waals surface area contributed by atoms with Crippen LogP contribution in [0.2, 0.25) is 0 Å². The second-order valence-electron chi connectivity index (χ2n) is 3.17. The third kappa shape index (κ3) is 5.96. The van der Waals surface area contributed by atoms with Crippen LogP contribution in [0.4, 0.5) is 0 Å². The van der Waals surface area contributed by atoms with Crippen LogP contribution >= 0.6 is 0 Å². The summed E-state index contributed by atoms with van der Waals surface area (Å²) in [6.45, 7) is 10.1. The molecule has 0 rings (SSSR count). The van der Waals surface area contributed by atoms with Crippen molar-refractivity contribution in [3.8, 4) is 0 Å². The number of rotatable bonds is 5. The van der Waals surface area contributed by atoms with Gasteiger partial charge in [-0.1, -0.05) is 29.4 Å². The SMILES string of the molecule is C=C(C)CCCC(/C=C\C)=C/C. The first-order valence-corrected chi connectivity index (χ1v) is 4.63. The minimum absolute atomic E-state index is 1.15. The third-order valence-corrected chi connectivity index (χ3v) is 1.82. The molecule has 0 heterocycles. The smallest absolute Gasteiger partial charge is 0.0279 e. The van der Waals surface area contributed by atoms with Crippen LogP contribution in [-0.4, -0.2) is 0 Å². The van der Waals surface area contributed by atoms with Gasteiger partial charge in [0, 0.05) is 0 Å². The predicted molar refractivity (Wildman–Crippen MR) is 57.2 cm³/mol. The van der Waals surface area contributed by atoms with Crippen molar-refractivity contribution in [3.05, 3.63) is 36.0 Å². The fourth-order valence-corrected chi connectivity index (χ4v) is 1.13. The molecule has 0 fully saturated rings. The first-order chi connectivity index (χ1) is 5.70. The molecule has 0 N–H and O–H groups in total. The second-order valence-corrected chi connectivity index (χ2v) is 3.17. The molecule has 0 unspecified atom stereocenters. The van der Waals surface area contributed by atoms with E-state index in [0.29, 0.717) is 0 Å². The lowest BCUT2D eigenvalue weighted by Gasteiger charge is -2.00. The van der Waals surface area contributed by atoms with Crippen LogP contribution in [0.25, 0.3) is 0 Å². The summed E-state index contributed by atoms with van der Waals surface area (Å²) in [5.74, 6) is 0. The summed E-state index contributed by atoms with van der Waals surface area (Å²) in [6.07, 6.45) is 9.99. The van der Waals surface area contributed by atoms with Gasteiger partial charge in [0.05, 0.1) is 0 Å². The van der Waals surface area contributed by atoms with Gasteiger partial charge in [-0.15, -0.1) is 6.58 Å². The molecule has 0 aromatic carbocycles. The van der Waals surface area contributed by atoms with Crippen LogP contribution < -0.4 is 0 Å². The van der Waals surface area contributed by atoms with Gasteiger partial charge in [-0.2, -0.15) is 0 Å². The molecule has 0 nitrogen and oxygen atoms in total. The zero-order valence-electron chi connectivity index (χ0n) is 8.56. The third-order valence-electron chi connectivity index (χ3n) is 1.82. The Hall–Kier alpha value is -0.780. The van der Waals surface area contributed by atoms with Crippen molar-refractivity contribution in [1.82, 2.24) is 0 Å². The zero-order chi connectivity index (χ0) is 9.40. The van der Waals surface area contributed by atoms with E-state index in [-0.39, 0.29) is 0 Å². The van der Waals surface area contributed by atoms with Crippen LogP contribution in [0.15, 0.2) is 36.0 Å². The van der Waals surface area contributed by atoms with E-state index in [1.807, 2.05) is 0 Å². The lowest BCUT2D eigenvalue weighted by Crippen LogP contribution is -1.81. The standard InChI is InChI=1S/C12H20/c1-5-8-12(6-2)10-7-9-11(3)4/h5-6,8H,3,7,9-10H2,1-2,4H3/b8-5-,12-6+. The molecule has 0 atom stereocenters. The molecule has 0 aliphatic heterocycles. The van der Waals surface area contributed by atoms with Gasteiger partial charge in [0.15, 0.2) is 0 Å². The molecule has 0 saturated heterocycles. The van der Waals surface area contributed by atoms with E-state index in [1.165, 1.54) is 24.0 Å². The number of allylic oxidation sites excluding steroid dienone is 5. The van der Waals surface area contributed by atoms with Gasteiger partial charge in [0.2, 0.25) is 0 Å². The summed E-state index contributed by atoms with van der Waals surface area (Å²) < 4.78 is 0. The van der Waals surface area contributed by atoms with E-state index < -0.39 is 0 Å². The Morgan fingerprint density at radius 1 is 1.25 bits per heavy atom. The molecule has 12 heavy (non-hydrogen) atoms. The monoisotopic (exact) mass is 164 g/mol. The van der Waals surface area contributed by atoms with E-state index in [0.717, 1.165) is 6.42 Å². The maximum absolute atomic E-state index is 3.89. The van der Waals surface area contributed by atoms with Crippen LogP contribution in [-0.2, 0) is 0 Å². The van der Waals surface area contributed by atoms with Crippen molar-refractivity contribution in [1.29, 1.82) is 0 Å². The average molecular weight is 164 g/mol. The second kappa shape index (κ2) is 6.90. The molecular weight excluding hydrogens is 144 g/mol. The van der Waals surface area contributed by atoms with Crippen LogP contribution in [0.1, 0.15) is 40.0 Å². The fraction of sp³-hybridized carbons (Fsp3) is 0.500. The quantitative estimate of drug-likeness (QED) is 0.421. The summed E-state index contributed by atoms with van der Waals surface area (Å²) in [7, 11) is 0. The van der Waals surface area contributed by atoms with Gasteiger partial charge in [-0.3, -0.25) is 0 Å². The first-order valence-electron chi connectivity index (χ1n) is 4.63. The highest BCUT2D eigenvalue weighted by Gasteiger charge is 1.91. The summed E-state index contributed by atoms with van der Waals surface area (Å²) >= 11 is 0. The molecule has 0 aromatic rings.